The maximum atomic E-state index is 13.2. The quantitative estimate of drug-likeness (QED) is 0.751. The fraction of sp³-hybridized carbons (Fsp3) is 0. The van der Waals surface area contributed by atoms with E-state index in [1.165, 1.54) is 12.1 Å². The molecule has 0 aliphatic carbocycles. The van der Waals surface area contributed by atoms with E-state index >= 15 is 0 Å². The molecule has 2 N–H and O–H groups in total. The predicted molar refractivity (Wildman–Crippen MR) is 83.4 cm³/mol. The lowest BCUT2D eigenvalue weighted by Gasteiger charge is -2.02. The van der Waals surface area contributed by atoms with E-state index in [-0.39, 0.29) is 5.02 Å². The molecule has 1 aromatic heterocycles. The molecule has 106 valence electrons. The van der Waals surface area contributed by atoms with Crippen molar-refractivity contribution in [3.05, 3.63) is 64.5 Å². The first kappa shape index (κ1) is 13.9. The number of nitrogen functional groups attached to an aromatic ring is 1. The molecule has 0 amide bonds. The van der Waals surface area contributed by atoms with Crippen molar-refractivity contribution >= 4 is 28.9 Å². The normalized spacial score (nSPS) is 10.8. The van der Waals surface area contributed by atoms with E-state index in [0.29, 0.717) is 22.0 Å². The summed E-state index contributed by atoms with van der Waals surface area (Å²) in [4.78, 5) is 0. The number of benzene rings is 2. The highest BCUT2D eigenvalue weighted by Crippen LogP contribution is 2.29. The van der Waals surface area contributed by atoms with Crippen molar-refractivity contribution in [3.63, 3.8) is 0 Å². The molecule has 0 bridgehead atoms. The third-order valence-corrected chi connectivity index (χ3v) is 3.53. The lowest BCUT2D eigenvalue weighted by molar-refractivity contribution is 0.628. The molecular weight excluding hydrogens is 312 g/mol. The van der Waals surface area contributed by atoms with Crippen LogP contribution >= 0.6 is 23.2 Å². The van der Waals surface area contributed by atoms with Crippen molar-refractivity contribution in [2.24, 2.45) is 0 Å². The average molecular weight is 322 g/mol. The molecule has 0 saturated carbocycles. The van der Waals surface area contributed by atoms with Gasteiger partial charge in [-0.15, -0.1) is 0 Å². The smallest absolute Gasteiger partial charge is 0.141 e. The van der Waals surface area contributed by atoms with Gasteiger partial charge in [0.1, 0.15) is 11.5 Å². The van der Waals surface area contributed by atoms with E-state index in [0.717, 1.165) is 5.69 Å². The summed E-state index contributed by atoms with van der Waals surface area (Å²) in [7, 11) is 0. The van der Waals surface area contributed by atoms with Crippen LogP contribution in [0, 0.1) is 5.82 Å². The molecule has 0 fully saturated rings. The Balaban J connectivity index is 2.07. The van der Waals surface area contributed by atoms with Crippen molar-refractivity contribution in [1.82, 2.24) is 9.78 Å². The summed E-state index contributed by atoms with van der Waals surface area (Å²) in [5.74, 6) is -0.478. The van der Waals surface area contributed by atoms with Crippen LogP contribution in [0.15, 0.2) is 48.7 Å². The summed E-state index contributed by atoms with van der Waals surface area (Å²) in [6.07, 6.45) is 1.68. The maximum absolute atomic E-state index is 13.2. The van der Waals surface area contributed by atoms with Gasteiger partial charge in [-0.2, -0.15) is 5.10 Å². The zero-order valence-corrected chi connectivity index (χ0v) is 12.2. The molecule has 3 aromatic rings. The number of halogens is 3. The van der Waals surface area contributed by atoms with E-state index in [1.54, 1.807) is 29.1 Å². The fourth-order valence-electron chi connectivity index (χ4n) is 2.01. The van der Waals surface area contributed by atoms with Crippen LogP contribution in [0.25, 0.3) is 16.9 Å². The van der Waals surface area contributed by atoms with Gasteiger partial charge in [-0.25, -0.2) is 9.07 Å². The minimum Gasteiger partial charge on any atom is -0.396 e. The molecule has 0 atom stereocenters. The van der Waals surface area contributed by atoms with Gasteiger partial charge in [0.15, 0.2) is 0 Å². The number of rotatable bonds is 2. The molecule has 1 heterocycles. The Kier molecular flexibility index (Phi) is 3.57. The summed E-state index contributed by atoms with van der Waals surface area (Å²) in [6, 6.07) is 11.6. The summed E-state index contributed by atoms with van der Waals surface area (Å²) in [5, 5.41) is 5.05. The highest BCUT2D eigenvalue weighted by atomic mass is 35.5. The highest BCUT2D eigenvalue weighted by molar-refractivity contribution is 6.31. The highest BCUT2D eigenvalue weighted by Gasteiger charge is 2.11. The molecule has 0 spiro atoms. The first-order chi connectivity index (χ1) is 10.0. The second kappa shape index (κ2) is 5.39. The molecule has 3 nitrogen and oxygen atoms in total. The van der Waals surface area contributed by atoms with Crippen molar-refractivity contribution in [2.45, 2.75) is 0 Å². The molecule has 21 heavy (non-hydrogen) atoms. The second-order valence-corrected chi connectivity index (χ2v) is 5.33. The Hall–Kier alpha value is -2.04. The zero-order chi connectivity index (χ0) is 15.0. The number of anilines is 1. The van der Waals surface area contributed by atoms with Crippen molar-refractivity contribution in [2.75, 3.05) is 5.73 Å². The first-order valence-corrected chi connectivity index (χ1v) is 6.87. The topological polar surface area (TPSA) is 43.8 Å². The summed E-state index contributed by atoms with van der Waals surface area (Å²) in [6.45, 7) is 0. The minimum absolute atomic E-state index is 0.0317. The Morgan fingerprint density at radius 3 is 2.62 bits per heavy atom. The summed E-state index contributed by atoms with van der Waals surface area (Å²) < 4.78 is 14.8. The molecule has 0 aliphatic rings. The number of aromatic nitrogens is 2. The van der Waals surface area contributed by atoms with Crippen molar-refractivity contribution in [1.29, 1.82) is 0 Å². The predicted octanol–water partition coefficient (Wildman–Crippen LogP) is 4.57. The molecule has 0 radical (unpaired) electrons. The zero-order valence-electron chi connectivity index (χ0n) is 10.7. The van der Waals surface area contributed by atoms with Crippen LogP contribution in [-0.2, 0) is 0 Å². The van der Waals surface area contributed by atoms with Gasteiger partial charge in [-0.05, 0) is 36.4 Å². The molecule has 0 unspecified atom stereocenters. The maximum Gasteiger partial charge on any atom is 0.141 e. The molecular formula is C15H10Cl2FN3. The number of nitrogens with zero attached hydrogens (tertiary/aromatic N) is 2. The Morgan fingerprint density at radius 2 is 1.90 bits per heavy atom. The number of nitrogens with two attached hydrogens (primary N) is 1. The Morgan fingerprint density at radius 1 is 1.10 bits per heavy atom. The second-order valence-electron chi connectivity index (χ2n) is 4.49. The molecule has 3 rings (SSSR count). The van der Waals surface area contributed by atoms with Crippen molar-refractivity contribution in [3.8, 4) is 16.9 Å². The number of hydrogen-bond donors (Lipinski definition) is 1. The summed E-state index contributed by atoms with van der Waals surface area (Å²) >= 11 is 11.8. The lowest BCUT2D eigenvalue weighted by atomic mass is 10.1. The van der Waals surface area contributed by atoms with Gasteiger partial charge in [-0.3, -0.25) is 0 Å². The van der Waals surface area contributed by atoms with Gasteiger partial charge in [-0.1, -0.05) is 29.3 Å². The molecule has 0 saturated heterocycles. The van der Waals surface area contributed by atoms with Gasteiger partial charge in [0.2, 0.25) is 0 Å². The van der Waals surface area contributed by atoms with Gasteiger partial charge < -0.3 is 5.73 Å². The molecule has 0 aliphatic heterocycles. The van der Waals surface area contributed by atoms with Crippen LogP contribution in [0.5, 0.6) is 0 Å². The minimum atomic E-state index is -0.478. The largest absolute Gasteiger partial charge is 0.396 e. The van der Waals surface area contributed by atoms with E-state index in [4.69, 9.17) is 28.9 Å². The van der Waals surface area contributed by atoms with Crippen LogP contribution in [0.2, 0.25) is 10.0 Å². The summed E-state index contributed by atoms with van der Waals surface area (Å²) in [5.41, 5.74) is 8.43. The third kappa shape index (κ3) is 2.73. The lowest BCUT2D eigenvalue weighted by Crippen LogP contribution is -1.94. The standard InChI is InChI=1S/C15H10Cl2FN3/c16-10-2-1-3-11(7-10)21-8-14(19)15(20-21)9-4-5-13(18)12(17)6-9/h1-8H,19H2. The van der Waals surface area contributed by atoms with Crippen molar-refractivity contribution < 1.29 is 4.39 Å². The van der Waals surface area contributed by atoms with E-state index in [9.17, 15) is 4.39 Å². The molecule has 6 heteroatoms. The fourth-order valence-corrected chi connectivity index (χ4v) is 2.37. The SMILES string of the molecule is Nc1cn(-c2cccc(Cl)c2)nc1-c1ccc(F)c(Cl)c1. The monoisotopic (exact) mass is 321 g/mol. The van der Waals surface area contributed by atoms with Gasteiger partial charge in [0, 0.05) is 10.6 Å². The third-order valence-electron chi connectivity index (χ3n) is 3.01. The van der Waals surface area contributed by atoms with E-state index in [1.807, 2.05) is 12.1 Å². The van der Waals surface area contributed by atoms with E-state index in [2.05, 4.69) is 5.10 Å². The Bertz CT molecular complexity index is 814. The Labute approximate surface area is 130 Å². The van der Waals surface area contributed by atoms with Gasteiger partial charge >= 0.3 is 0 Å². The van der Waals surface area contributed by atoms with Crippen LogP contribution in [-0.4, -0.2) is 9.78 Å². The van der Waals surface area contributed by atoms with E-state index < -0.39 is 5.82 Å². The molecule has 2 aromatic carbocycles. The van der Waals surface area contributed by atoms with Crippen LogP contribution in [0.1, 0.15) is 0 Å². The van der Waals surface area contributed by atoms with Crippen LogP contribution < -0.4 is 5.73 Å². The van der Waals surface area contributed by atoms with Gasteiger partial charge in [0.25, 0.3) is 0 Å². The number of hydrogen-bond acceptors (Lipinski definition) is 2. The average Bonchev–Trinajstić information content (AvgIpc) is 2.84. The first-order valence-electron chi connectivity index (χ1n) is 6.11. The van der Waals surface area contributed by atoms with Crippen LogP contribution in [0.4, 0.5) is 10.1 Å². The van der Waals surface area contributed by atoms with Gasteiger partial charge in [0.05, 0.1) is 22.6 Å². The van der Waals surface area contributed by atoms with Crippen LogP contribution in [0.3, 0.4) is 0 Å².